The van der Waals surface area contributed by atoms with Gasteiger partial charge in [0, 0.05) is 19.1 Å². The molecule has 0 bridgehead atoms. The number of halogens is 3. The third kappa shape index (κ3) is 2.88. The summed E-state index contributed by atoms with van der Waals surface area (Å²) in [6.07, 6.45) is -2.85. The highest BCUT2D eigenvalue weighted by molar-refractivity contribution is 7.87. The highest BCUT2D eigenvalue weighted by atomic mass is 32.2. The van der Waals surface area contributed by atoms with Crippen LogP contribution < -0.4 is 10.5 Å². The van der Waals surface area contributed by atoms with Gasteiger partial charge in [-0.05, 0) is 25.7 Å². The Hall–Kier alpha value is -0.380. The van der Waals surface area contributed by atoms with Gasteiger partial charge in [-0.25, -0.2) is 0 Å². The van der Waals surface area contributed by atoms with Crippen molar-refractivity contribution in [2.75, 3.05) is 13.1 Å². The molecule has 0 radical (unpaired) electrons. The Morgan fingerprint density at radius 3 is 2.42 bits per heavy atom. The number of nitrogens with two attached hydrogens (primary N) is 1. The molecule has 1 saturated heterocycles. The average molecular weight is 301 g/mol. The lowest BCUT2D eigenvalue weighted by Gasteiger charge is -2.35. The highest BCUT2D eigenvalue weighted by Gasteiger charge is 2.65. The molecule has 112 valence electrons. The first-order valence-electron chi connectivity index (χ1n) is 6.29. The van der Waals surface area contributed by atoms with Crippen LogP contribution in [0.1, 0.15) is 32.1 Å². The summed E-state index contributed by atoms with van der Waals surface area (Å²) in [5.41, 5.74) is 3.24. The van der Waals surface area contributed by atoms with Crippen molar-refractivity contribution < 1.29 is 21.6 Å². The van der Waals surface area contributed by atoms with E-state index in [0.717, 1.165) is 10.7 Å². The van der Waals surface area contributed by atoms with E-state index in [1.54, 1.807) is 0 Å². The molecule has 0 aromatic heterocycles. The van der Waals surface area contributed by atoms with Gasteiger partial charge in [0.15, 0.2) is 0 Å². The Balaban J connectivity index is 2.14. The van der Waals surface area contributed by atoms with Gasteiger partial charge in [0.25, 0.3) is 10.2 Å². The molecule has 0 amide bonds. The maximum absolute atomic E-state index is 12.8. The average Bonchev–Trinajstić information content (AvgIpc) is 3.08. The van der Waals surface area contributed by atoms with Gasteiger partial charge in [-0.3, -0.25) is 0 Å². The van der Waals surface area contributed by atoms with Crippen molar-refractivity contribution in [3.8, 4) is 0 Å². The molecule has 0 spiro atoms. The van der Waals surface area contributed by atoms with E-state index in [4.69, 9.17) is 5.73 Å². The van der Waals surface area contributed by atoms with E-state index in [1.165, 1.54) is 0 Å². The number of rotatable bonds is 4. The minimum atomic E-state index is -4.55. The van der Waals surface area contributed by atoms with Crippen LogP contribution in [0.2, 0.25) is 0 Å². The molecule has 1 unspecified atom stereocenters. The van der Waals surface area contributed by atoms with Crippen LogP contribution in [-0.4, -0.2) is 43.6 Å². The summed E-state index contributed by atoms with van der Waals surface area (Å²) >= 11 is 0. The minimum Gasteiger partial charge on any atom is -0.329 e. The summed E-state index contributed by atoms with van der Waals surface area (Å²) < 4.78 is 65.6. The van der Waals surface area contributed by atoms with Gasteiger partial charge in [-0.1, -0.05) is 6.42 Å². The van der Waals surface area contributed by atoms with Crippen LogP contribution in [0.15, 0.2) is 0 Å². The molecule has 1 aliphatic carbocycles. The van der Waals surface area contributed by atoms with Crippen LogP contribution in [-0.2, 0) is 10.2 Å². The predicted octanol–water partition coefficient (Wildman–Crippen LogP) is 0.729. The van der Waals surface area contributed by atoms with E-state index in [9.17, 15) is 21.6 Å². The van der Waals surface area contributed by atoms with Crippen molar-refractivity contribution in [2.24, 2.45) is 5.73 Å². The van der Waals surface area contributed by atoms with Crippen molar-refractivity contribution in [1.29, 1.82) is 0 Å². The zero-order chi connectivity index (χ0) is 14.3. The Bertz CT molecular complexity index is 434. The van der Waals surface area contributed by atoms with Gasteiger partial charge in [-0.15, -0.1) is 0 Å². The monoisotopic (exact) mass is 301 g/mol. The van der Waals surface area contributed by atoms with Gasteiger partial charge in [0.1, 0.15) is 5.54 Å². The van der Waals surface area contributed by atoms with E-state index in [0.29, 0.717) is 12.8 Å². The fraction of sp³-hybridized carbons (Fsp3) is 1.00. The second-order valence-corrected chi connectivity index (χ2v) is 6.81. The summed E-state index contributed by atoms with van der Waals surface area (Å²) in [6.45, 7) is 0.352. The van der Waals surface area contributed by atoms with Gasteiger partial charge in [0.2, 0.25) is 0 Å². The molecule has 0 aromatic carbocycles. The van der Waals surface area contributed by atoms with Crippen molar-refractivity contribution in [2.45, 2.75) is 49.9 Å². The largest absolute Gasteiger partial charge is 0.407 e. The molecule has 1 saturated carbocycles. The smallest absolute Gasteiger partial charge is 0.329 e. The summed E-state index contributed by atoms with van der Waals surface area (Å²) in [6, 6.07) is -0.407. The predicted molar refractivity (Wildman–Crippen MR) is 63.5 cm³/mol. The zero-order valence-corrected chi connectivity index (χ0v) is 11.2. The van der Waals surface area contributed by atoms with Crippen LogP contribution >= 0.6 is 0 Å². The number of nitrogens with zero attached hydrogens (tertiary/aromatic N) is 1. The normalized spacial score (nSPS) is 28.3. The van der Waals surface area contributed by atoms with Crippen molar-refractivity contribution >= 4 is 10.2 Å². The van der Waals surface area contributed by atoms with E-state index in [2.05, 4.69) is 0 Å². The molecule has 3 N–H and O–H groups in total. The molecule has 2 aliphatic rings. The van der Waals surface area contributed by atoms with Gasteiger partial charge < -0.3 is 5.73 Å². The quantitative estimate of drug-likeness (QED) is 0.804. The van der Waals surface area contributed by atoms with Gasteiger partial charge in [0.05, 0.1) is 0 Å². The Kier molecular flexibility index (Phi) is 3.85. The van der Waals surface area contributed by atoms with Crippen LogP contribution in [0, 0.1) is 0 Å². The lowest BCUT2D eigenvalue weighted by molar-refractivity contribution is -0.161. The molecule has 19 heavy (non-hydrogen) atoms. The standard InChI is InChI=1S/C10H18F3N3O2S/c11-10(12,13)9(4-5-9)15-19(17,18)16-6-2-1-3-8(16)7-14/h8,15H,1-7,14H2. The number of alkyl halides is 3. The molecular weight excluding hydrogens is 283 g/mol. The molecule has 2 rings (SSSR count). The molecule has 5 nitrogen and oxygen atoms in total. The first-order valence-corrected chi connectivity index (χ1v) is 7.73. The van der Waals surface area contributed by atoms with Gasteiger partial charge in [-0.2, -0.15) is 30.6 Å². The first kappa shape index (κ1) is 15.0. The molecular formula is C10H18F3N3O2S. The Morgan fingerprint density at radius 2 is 1.95 bits per heavy atom. The fourth-order valence-electron chi connectivity index (χ4n) is 2.40. The third-order valence-corrected chi connectivity index (χ3v) is 5.52. The van der Waals surface area contributed by atoms with E-state index < -0.39 is 28.0 Å². The van der Waals surface area contributed by atoms with E-state index >= 15 is 0 Å². The number of hydrogen-bond acceptors (Lipinski definition) is 3. The Morgan fingerprint density at radius 1 is 1.32 bits per heavy atom. The summed E-state index contributed by atoms with van der Waals surface area (Å²) in [7, 11) is -4.14. The van der Waals surface area contributed by atoms with Crippen molar-refractivity contribution in [3.63, 3.8) is 0 Å². The fourth-order valence-corrected chi connectivity index (χ4v) is 4.28. The lowest BCUT2D eigenvalue weighted by Crippen LogP contribution is -2.57. The molecule has 1 heterocycles. The lowest BCUT2D eigenvalue weighted by atomic mass is 10.1. The minimum absolute atomic E-state index is 0.125. The zero-order valence-electron chi connectivity index (χ0n) is 10.4. The first-order chi connectivity index (χ1) is 8.72. The van der Waals surface area contributed by atoms with Crippen LogP contribution in [0.4, 0.5) is 13.2 Å². The second kappa shape index (κ2) is 4.87. The maximum atomic E-state index is 12.8. The van der Waals surface area contributed by atoms with Crippen LogP contribution in [0.25, 0.3) is 0 Å². The molecule has 1 aliphatic heterocycles. The summed E-state index contributed by atoms with van der Waals surface area (Å²) in [4.78, 5) is 0. The van der Waals surface area contributed by atoms with Crippen LogP contribution in [0.3, 0.4) is 0 Å². The number of hydrogen-bond donors (Lipinski definition) is 2. The topological polar surface area (TPSA) is 75.4 Å². The van der Waals surface area contributed by atoms with Crippen molar-refractivity contribution in [3.05, 3.63) is 0 Å². The summed E-state index contributed by atoms with van der Waals surface area (Å²) in [5, 5.41) is 0. The van der Waals surface area contributed by atoms with E-state index in [-0.39, 0.29) is 25.9 Å². The highest BCUT2D eigenvalue weighted by Crippen LogP contribution is 2.49. The van der Waals surface area contributed by atoms with E-state index in [1.807, 2.05) is 4.72 Å². The molecule has 0 aromatic rings. The Labute approximate surface area is 110 Å². The third-order valence-electron chi connectivity index (χ3n) is 3.77. The summed E-state index contributed by atoms with van der Waals surface area (Å²) in [5.74, 6) is 0. The number of nitrogens with one attached hydrogen (secondary N) is 1. The molecule has 9 heteroatoms. The van der Waals surface area contributed by atoms with Crippen molar-refractivity contribution in [1.82, 2.24) is 9.03 Å². The molecule has 2 fully saturated rings. The second-order valence-electron chi connectivity index (χ2n) is 5.18. The number of piperidine rings is 1. The van der Waals surface area contributed by atoms with Gasteiger partial charge >= 0.3 is 6.18 Å². The SMILES string of the molecule is NCC1CCCCN1S(=O)(=O)NC1(C(F)(F)F)CC1. The molecule has 1 atom stereocenters. The van der Waals surface area contributed by atoms with Crippen LogP contribution in [0.5, 0.6) is 0 Å². The maximum Gasteiger partial charge on any atom is 0.407 e.